The monoisotopic (exact) mass is 390 g/mol. The van der Waals surface area contributed by atoms with E-state index in [0.717, 1.165) is 22.6 Å². The molecule has 0 aliphatic carbocycles. The van der Waals surface area contributed by atoms with Crippen molar-refractivity contribution in [3.05, 3.63) is 77.1 Å². The van der Waals surface area contributed by atoms with Crippen molar-refractivity contribution >= 4 is 17.4 Å². The highest BCUT2D eigenvalue weighted by Gasteiger charge is 2.17. The lowest BCUT2D eigenvalue weighted by atomic mass is 10.1. The molecule has 1 heterocycles. The van der Waals surface area contributed by atoms with E-state index in [0.29, 0.717) is 17.8 Å². The van der Waals surface area contributed by atoms with Crippen molar-refractivity contribution in [2.45, 2.75) is 27.3 Å². The van der Waals surface area contributed by atoms with Crippen LogP contribution in [-0.2, 0) is 11.3 Å². The Morgan fingerprint density at radius 3 is 2.38 bits per heavy atom. The average molecular weight is 390 g/mol. The molecule has 0 spiro atoms. The first-order chi connectivity index (χ1) is 13.9. The SMILES string of the molecule is CC(=O)c1ccccc1NC(=O)CN(C)Cc1c(C)nn(-c2ccccc2)c1C. The van der Waals surface area contributed by atoms with E-state index in [1.165, 1.54) is 6.92 Å². The van der Waals surface area contributed by atoms with E-state index in [2.05, 4.69) is 10.4 Å². The fourth-order valence-corrected chi connectivity index (χ4v) is 3.38. The van der Waals surface area contributed by atoms with Crippen LogP contribution in [0.25, 0.3) is 5.69 Å². The molecule has 1 N–H and O–H groups in total. The number of amides is 1. The van der Waals surface area contributed by atoms with E-state index in [-0.39, 0.29) is 18.2 Å². The number of anilines is 1. The summed E-state index contributed by atoms with van der Waals surface area (Å²) in [5, 5.41) is 7.51. The lowest BCUT2D eigenvalue weighted by molar-refractivity contribution is -0.117. The molecule has 3 aromatic rings. The maximum atomic E-state index is 12.5. The van der Waals surface area contributed by atoms with Crippen molar-refractivity contribution in [2.75, 3.05) is 18.9 Å². The number of carbonyl (C=O) groups is 2. The molecule has 0 saturated heterocycles. The van der Waals surface area contributed by atoms with Crippen LogP contribution >= 0.6 is 0 Å². The molecule has 6 nitrogen and oxygen atoms in total. The van der Waals surface area contributed by atoms with Gasteiger partial charge >= 0.3 is 0 Å². The van der Waals surface area contributed by atoms with Crippen LogP contribution in [-0.4, -0.2) is 40.0 Å². The first kappa shape index (κ1) is 20.5. The standard InChI is InChI=1S/C23H26N4O2/c1-16-21(17(2)27(25-16)19-10-6-5-7-11-19)14-26(4)15-23(29)24-22-13-9-8-12-20(22)18(3)28/h5-13H,14-15H2,1-4H3,(H,24,29). The Balaban J connectivity index is 1.69. The predicted molar refractivity (Wildman–Crippen MR) is 114 cm³/mol. The minimum absolute atomic E-state index is 0.0752. The maximum Gasteiger partial charge on any atom is 0.238 e. The Labute approximate surface area is 171 Å². The summed E-state index contributed by atoms with van der Waals surface area (Å²) >= 11 is 0. The van der Waals surface area contributed by atoms with Gasteiger partial charge < -0.3 is 5.32 Å². The number of benzene rings is 2. The molecule has 0 aliphatic rings. The van der Waals surface area contributed by atoms with Gasteiger partial charge in [0.2, 0.25) is 5.91 Å². The number of hydrogen-bond donors (Lipinski definition) is 1. The van der Waals surface area contributed by atoms with Crippen molar-refractivity contribution in [1.82, 2.24) is 14.7 Å². The molecule has 0 unspecified atom stereocenters. The van der Waals surface area contributed by atoms with Gasteiger partial charge in [-0.3, -0.25) is 14.5 Å². The molecule has 1 aromatic heterocycles. The summed E-state index contributed by atoms with van der Waals surface area (Å²) in [4.78, 5) is 26.2. The minimum Gasteiger partial charge on any atom is -0.324 e. The molecule has 1 amide bonds. The van der Waals surface area contributed by atoms with E-state index in [9.17, 15) is 9.59 Å². The molecule has 0 saturated carbocycles. The molecule has 6 heteroatoms. The molecular weight excluding hydrogens is 364 g/mol. The van der Waals surface area contributed by atoms with Gasteiger partial charge in [0.1, 0.15) is 0 Å². The number of aromatic nitrogens is 2. The van der Waals surface area contributed by atoms with Gasteiger partial charge in [-0.05, 0) is 52.1 Å². The van der Waals surface area contributed by atoms with Crippen LogP contribution in [0.5, 0.6) is 0 Å². The van der Waals surface area contributed by atoms with Crippen LogP contribution in [0, 0.1) is 13.8 Å². The van der Waals surface area contributed by atoms with E-state index < -0.39 is 0 Å². The molecule has 150 valence electrons. The summed E-state index contributed by atoms with van der Waals surface area (Å²) in [7, 11) is 1.90. The van der Waals surface area contributed by atoms with Crippen molar-refractivity contribution in [3.8, 4) is 5.69 Å². The first-order valence-electron chi connectivity index (χ1n) is 9.55. The van der Waals surface area contributed by atoms with E-state index in [1.807, 2.05) is 60.8 Å². The number of ketones is 1. The molecule has 0 atom stereocenters. The van der Waals surface area contributed by atoms with Crippen LogP contribution in [0.3, 0.4) is 0 Å². The second-order valence-corrected chi connectivity index (χ2v) is 7.22. The highest BCUT2D eigenvalue weighted by molar-refractivity contribution is 6.04. The predicted octanol–water partition coefficient (Wildman–Crippen LogP) is 3.76. The maximum absolute atomic E-state index is 12.5. The second-order valence-electron chi connectivity index (χ2n) is 7.22. The van der Waals surface area contributed by atoms with E-state index >= 15 is 0 Å². The number of para-hydroxylation sites is 2. The lowest BCUT2D eigenvalue weighted by Crippen LogP contribution is -2.30. The van der Waals surface area contributed by atoms with Crippen LogP contribution < -0.4 is 5.32 Å². The normalized spacial score (nSPS) is 10.9. The Kier molecular flexibility index (Phi) is 6.24. The molecule has 29 heavy (non-hydrogen) atoms. The van der Waals surface area contributed by atoms with E-state index in [4.69, 9.17) is 0 Å². The third kappa shape index (κ3) is 4.78. The van der Waals surface area contributed by atoms with E-state index in [1.54, 1.807) is 24.3 Å². The molecule has 0 aliphatic heterocycles. The minimum atomic E-state index is -0.160. The number of rotatable bonds is 7. The molecule has 0 fully saturated rings. The summed E-state index contributed by atoms with van der Waals surface area (Å²) in [6.45, 7) is 6.33. The molecule has 0 radical (unpaired) electrons. The molecule has 0 bridgehead atoms. The van der Waals surface area contributed by atoms with Gasteiger partial charge in [-0.2, -0.15) is 5.10 Å². The summed E-state index contributed by atoms with van der Waals surface area (Å²) in [5.74, 6) is -0.235. The van der Waals surface area contributed by atoms with Gasteiger partial charge in [-0.1, -0.05) is 30.3 Å². The summed E-state index contributed by atoms with van der Waals surface area (Å²) < 4.78 is 1.93. The highest BCUT2D eigenvalue weighted by Crippen LogP contribution is 2.19. The fourth-order valence-electron chi connectivity index (χ4n) is 3.38. The smallest absolute Gasteiger partial charge is 0.238 e. The van der Waals surface area contributed by atoms with Gasteiger partial charge in [0.15, 0.2) is 5.78 Å². The first-order valence-corrected chi connectivity index (χ1v) is 9.55. The van der Waals surface area contributed by atoms with Crippen molar-refractivity contribution in [1.29, 1.82) is 0 Å². The van der Waals surface area contributed by atoms with Gasteiger partial charge in [0.05, 0.1) is 23.6 Å². The Bertz CT molecular complexity index is 1020. The van der Waals surface area contributed by atoms with Crippen LogP contribution in [0.2, 0.25) is 0 Å². The third-order valence-corrected chi connectivity index (χ3v) is 4.86. The highest BCUT2D eigenvalue weighted by atomic mass is 16.2. The fraction of sp³-hybridized carbons (Fsp3) is 0.261. The van der Waals surface area contributed by atoms with Crippen LogP contribution in [0.1, 0.15) is 34.2 Å². The summed E-state index contributed by atoms with van der Waals surface area (Å²) in [6, 6.07) is 17.0. The molecule has 3 rings (SSSR count). The topological polar surface area (TPSA) is 67.2 Å². The Morgan fingerprint density at radius 2 is 1.69 bits per heavy atom. The number of hydrogen-bond acceptors (Lipinski definition) is 4. The number of Topliss-reactive ketones (excluding diaryl/α,β-unsaturated/α-hetero) is 1. The average Bonchev–Trinajstić information content (AvgIpc) is 2.97. The molecular formula is C23H26N4O2. The van der Waals surface area contributed by atoms with Crippen LogP contribution in [0.15, 0.2) is 54.6 Å². The number of nitrogens with zero attached hydrogens (tertiary/aromatic N) is 3. The Hall–Kier alpha value is -3.25. The van der Waals surface area contributed by atoms with Gasteiger partial charge in [-0.25, -0.2) is 4.68 Å². The zero-order valence-electron chi connectivity index (χ0n) is 17.3. The zero-order valence-corrected chi connectivity index (χ0v) is 17.3. The van der Waals surface area contributed by atoms with Crippen LogP contribution in [0.4, 0.5) is 5.69 Å². The van der Waals surface area contributed by atoms with Crippen molar-refractivity contribution in [2.24, 2.45) is 0 Å². The lowest BCUT2D eigenvalue weighted by Gasteiger charge is -2.17. The summed E-state index contributed by atoms with van der Waals surface area (Å²) in [6.07, 6.45) is 0. The third-order valence-electron chi connectivity index (χ3n) is 4.86. The Morgan fingerprint density at radius 1 is 1.03 bits per heavy atom. The van der Waals surface area contributed by atoms with Gasteiger partial charge in [-0.15, -0.1) is 0 Å². The number of carbonyl (C=O) groups excluding carboxylic acids is 2. The second kappa shape index (κ2) is 8.84. The van der Waals surface area contributed by atoms with Gasteiger partial charge in [0.25, 0.3) is 0 Å². The number of likely N-dealkylation sites (N-methyl/N-ethyl adjacent to an activating group) is 1. The summed E-state index contributed by atoms with van der Waals surface area (Å²) in [5.41, 5.74) is 5.18. The molecule has 2 aromatic carbocycles. The van der Waals surface area contributed by atoms with Crippen molar-refractivity contribution in [3.63, 3.8) is 0 Å². The number of nitrogens with one attached hydrogen (secondary N) is 1. The zero-order chi connectivity index (χ0) is 21.0. The number of aryl methyl sites for hydroxylation is 1. The van der Waals surface area contributed by atoms with Gasteiger partial charge in [0, 0.05) is 23.4 Å². The largest absolute Gasteiger partial charge is 0.324 e. The van der Waals surface area contributed by atoms with Crippen molar-refractivity contribution < 1.29 is 9.59 Å². The quantitative estimate of drug-likeness (QED) is 0.624.